The molecule has 4 nitrogen and oxygen atoms in total. The zero-order valence-corrected chi connectivity index (χ0v) is 12.3. The molecule has 0 radical (unpaired) electrons. The summed E-state index contributed by atoms with van der Waals surface area (Å²) >= 11 is 0. The van der Waals surface area contributed by atoms with E-state index in [2.05, 4.69) is 0 Å². The Labute approximate surface area is 126 Å². The molecule has 3 atom stereocenters. The van der Waals surface area contributed by atoms with Crippen LogP contribution in [0, 0.1) is 5.41 Å². The quantitative estimate of drug-likeness (QED) is 0.550. The number of methoxy groups -OCH3 is 1. The molecule has 7 heteroatoms. The van der Waals surface area contributed by atoms with Crippen molar-refractivity contribution in [1.29, 1.82) is 0 Å². The molecule has 1 saturated heterocycles. The summed E-state index contributed by atoms with van der Waals surface area (Å²) in [6.45, 7) is 0. The predicted octanol–water partition coefficient (Wildman–Crippen LogP) is 3.11. The van der Waals surface area contributed by atoms with E-state index < -0.39 is 35.6 Å². The van der Waals surface area contributed by atoms with Gasteiger partial charge in [-0.05, 0) is 19.3 Å². The summed E-state index contributed by atoms with van der Waals surface area (Å²) in [6, 6.07) is 0. The van der Waals surface area contributed by atoms with Gasteiger partial charge in [0.2, 0.25) is 11.2 Å². The van der Waals surface area contributed by atoms with E-state index in [4.69, 9.17) is 14.2 Å². The van der Waals surface area contributed by atoms with Crippen molar-refractivity contribution in [2.24, 2.45) is 5.41 Å². The van der Waals surface area contributed by atoms with Gasteiger partial charge in [-0.3, -0.25) is 4.79 Å². The number of fused-ring (bicyclic) bond motifs is 1. The first-order valence-electron chi connectivity index (χ1n) is 7.53. The Morgan fingerprint density at radius 1 is 1.27 bits per heavy atom. The standard InChI is InChI=1S/C15H19F3O4/c1-20-10-6-5-7-11-14(10,15(16,17)18)12(19)22-13(21-11)8-3-2-4-9-13/h5-6,10-11H,2-4,7-9H2,1H3/t10-,11+,14+/m1/s1. The molecule has 22 heavy (non-hydrogen) atoms. The van der Waals surface area contributed by atoms with E-state index >= 15 is 0 Å². The van der Waals surface area contributed by atoms with Crippen molar-refractivity contribution >= 4 is 5.97 Å². The normalized spacial score (nSPS) is 37.7. The molecule has 1 spiro atoms. The summed E-state index contributed by atoms with van der Waals surface area (Å²) in [5.74, 6) is -2.47. The maximum absolute atomic E-state index is 13.8. The van der Waals surface area contributed by atoms with Crippen LogP contribution in [0.3, 0.4) is 0 Å². The molecular formula is C15H19F3O4. The van der Waals surface area contributed by atoms with Crippen molar-refractivity contribution in [2.45, 2.75) is 62.7 Å². The van der Waals surface area contributed by atoms with E-state index in [1.165, 1.54) is 6.08 Å². The van der Waals surface area contributed by atoms with Gasteiger partial charge in [0.25, 0.3) is 0 Å². The highest BCUT2D eigenvalue weighted by molar-refractivity contribution is 5.81. The second-order valence-corrected chi connectivity index (χ2v) is 6.15. The Kier molecular flexibility index (Phi) is 3.76. The van der Waals surface area contributed by atoms with Crippen molar-refractivity contribution in [3.05, 3.63) is 12.2 Å². The number of alkyl halides is 3. The maximum atomic E-state index is 13.8. The summed E-state index contributed by atoms with van der Waals surface area (Å²) in [5, 5.41) is 0. The highest BCUT2D eigenvalue weighted by Gasteiger charge is 2.74. The van der Waals surface area contributed by atoms with Crippen molar-refractivity contribution in [2.75, 3.05) is 7.11 Å². The predicted molar refractivity (Wildman–Crippen MR) is 69.8 cm³/mol. The number of halogens is 3. The highest BCUT2D eigenvalue weighted by Crippen LogP contribution is 2.55. The zero-order chi connectivity index (χ0) is 16.0. The van der Waals surface area contributed by atoms with Gasteiger partial charge in [-0.15, -0.1) is 0 Å². The molecule has 0 aromatic rings. The Morgan fingerprint density at radius 2 is 1.95 bits per heavy atom. The van der Waals surface area contributed by atoms with E-state index in [-0.39, 0.29) is 6.42 Å². The lowest BCUT2D eigenvalue weighted by Crippen LogP contribution is -2.69. The second kappa shape index (κ2) is 5.23. The van der Waals surface area contributed by atoms with Crippen LogP contribution in [0.15, 0.2) is 12.2 Å². The summed E-state index contributed by atoms with van der Waals surface area (Å²) in [7, 11) is 1.16. The third-order valence-electron chi connectivity index (χ3n) is 4.93. The van der Waals surface area contributed by atoms with E-state index in [0.717, 1.165) is 26.4 Å². The topological polar surface area (TPSA) is 44.8 Å². The van der Waals surface area contributed by atoms with E-state index in [0.29, 0.717) is 12.8 Å². The van der Waals surface area contributed by atoms with Crippen LogP contribution in [-0.2, 0) is 19.0 Å². The number of ether oxygens (including phenoxy) is 3. The van der Waals surface area contributed by atoms with Crippen LogP contribution in [0.4, 0.5) is 13.2 Å². The van der Waals surface area contributed by atoms with Crippen LogP contribution in [0.25, 0.3) is 0 Å². The average molecular weight is 320 g/mol. The van der Waals surface area contributed by atoms with Gasteiger partial charge < -0.3 is 14.2 Å². The minimum Gasteiger partial charge on any atom is -0.432 e. The number of esters is 1. The largest absolute Gasteiger partial charge is 0.432 e. The molecule has 1 saturated carbocycles. The average Bonchev–Trinajstić information content (AvgIpc) is 2.45. The third-order valence-corrected chi connectivity index (χ3v) is 4.93. The third kappa shape index (κ3) is 2.09. The smallest absolute Gasteiger partial charge is 0.410 e. The van der Waals surface area contributed by atoms with E-state index in [1.807, 2.05) is 0 Å². The summed E-state index contributed by atoms with van der Waals surface area (Å²) in [4.78, 5) is 12.5. The fraction of sp³-hybridized carbons (Fsp3) is 0.800. The Bertz CT molecular complexity index is 482. The molecule has 0 amide bonds. The summed E-state index contributed by atoms with van der Waals surface area (Å²) in [6.07, 6.45) is -1.24. The molecule has 2 fully saturated rings. The molecule has 0 aromatic carbocycles. The van der Waals surface area contributed by atoms with Crippen LogP contribution < -0.4 is 0 Å². The zero-order valence-electron chi connectivity index (χ0n) is 12.3. The van der Waals surface area contributed by atoms with Crippen molar-refractivity contribution in [1.82, 2.24) is 0 Å². The van der Waals surface area contributed by atoms with Crippen molar-refractivity contribution < 1.29 is 32.2 Å². The van der Waals surface area contributed by atoms with Gasteiger partial charge in [0.15, 0.2) is 0 Å². The molecule has 1 aliphatic heterocycles. The lowest BCUT2D eigenvalue weighted by atomic mass is 9.70. The van der Waals surface area contributed by atoms with Gasteiger partial charge in [-0.2, -0.15) is 13.2 Å². The lowest BCUT2D eigenvalue weighted by molar-refractivity contribution is -0.369. The van der Waals surface area contributed by atoms with E-state index in [1.54, 1.807) is 6.08 Å². The fourth-order valence-electron chi connectivity index (χ4n) is 3.81. The van der Waals surface area contributed by atoms with Gasteiger partial charge in [-0.1, -0.05) is 18.6 Å². The molecule has 3 rings (SSSR count). The minimum absolute atomic E-state index is 0.0240. The monoisotopic (exact) mass is 320 g/mol. The second-order valence-electron chi connectivity index (χ2n) is 6.15. The molecule has 0 unspecified atom stereocenters. The number of hydrogen-bond donors (Lipinski definition) is 0. The van der Waals surface area contributed by atoms with Crippen molar-refractivity contribution in [3.8, 4) is 0 Å². The highest BCUT2D eigenvalue weighted by atomic mass is 19.4. The SMILES string of the molecule is CO[C@@H]1C=CC[C@@H]2OC3(CCCCC3)OC(=O)[C@@]21C(F)(F)F. The van der Waals surface area contributed by atoms with Crippen LogP contribution in [0.2, 0.25) is 0 Å². The van der Waals surface area contributed by atoms with Gasteiger partial charge in [-0.25, -0.2) is 0 Å². The van der Waals surface area contributed by atoms with E-state index in [9.17, 15) is 18.0 Å². The molecule has 2 aliphatic carbocycles. The first kappa shape index (κ1) is 15.8. The maximum Gasteiger partial charge on any atom is 0.410 e. The first-order valence-corrected chi connectivity index (χ1v) is 7.53. The number of carbonyl (C=O) groups excluding carboxylic acids is 1. The minimum atomic E-state index is -4.81. The van der Waals surface area contributed by atoms with Gasteiger partial charge >= 0.3 is 12.1 Å². The van der Waals surface area contributed by atoms with Gasteiger partial charge in [0.1, 0.15) is 6.10 Å². The number of rotatable bonds is 1. The molecule has 0 aromatic heterocycles. The summed E-state index contributed by atoms with van der Waals surface area (Å²) < 4.78 is 57.4. The van der Waals surface area contributed by atoms with Crippen LogP contribution in [0.1, 0.15) is 38.5 Å². The first-order chi connectivity index (χ1) is 10.4. The van der Waals surface area contributed by atoms with Crippen molar-refractivity contribution in [3.63, 3.8) is 0 Å². The van der Waals surface area contributed by atoms with Crippen LogP contribution in [0.5, 0.6) is 0 Å². The molecule has 0 N–H and O–H groups in total. The molecule has 3 aliphatic rings. The molecular weight excluding hydrogens is 301 g/mol. The molecule has 1 heterocycles. The fourth-order valence-corrected chi connectivity index (χ4v) is 3.81. The van der Waals surface area contributed by atoms with Gasteiger partial charge in [0.05, 0.1) is 6.10 Å². The van der Waals surface area contributed by atoms with Gasteiger partial charge in [0, 0.05) is 20.0 Å². The Hall–Kier alpha value is -1.08. The lowest BCUT2D eigenvalue weighted by Gasteiger charge is -2.53. The number of carbonyl (C=O) groups is 1. The molecule has 0 bridgehead atoms. The Balaban J connectivity index is 2.02. The summed E-state index contributed by atoms with van der Waals surface area (Å²) in [5.41, 5.74) is -2.78. The van der Waals surface area contributed by atoms with Crippen LogP contribution in [-0.4, -0.2) is 37.3 Å². The molecule has 124 valence electrons. The number of hydrogen-bond acceptors (Lipinski definition) is 4. The van der Waals surface area contributed by atoms with Crippen LogP contribution >= 0.6 is 0 Å². The Morgan fingerprint density at radius 3 is 2.55 bits per heavy atom.